The van der Waals surface area contributed by atoms with Crippen LogP contribution in [-0.4, -0.2) is 36.2 Å². The summed E-state index contributed by atoms with van der Waals surface area (Å²) < 4.78 is 0. The highest BCUT2D eigenvalue weighted by molar-refractivity contribution is 4.77. The van der Waals surface area contributed by atoms with Crippen LogP contribution in [0.3, 0.4) is 0 Å². The molecule has 0 amide bonds. The van der Waals surface area contributed by atoms with Crippen molar-refractivity contribution in [3.8, 4) is 0 Å². The lowest BCUT2D eigenvalue weighted by molar-refractivity contribution is 0.128. The molecule has 0 radical (unpaired) electrons. The second-order valence-corrected chi connectivity index (χ2v) is 6.70. The van der Waals surface area contributed by atoms with E-state index in [4.69, 9.17) is 5.11 Å². The Bertz CT molecular complexity index is 203. The summed E-state index contributed by atoms with van der Waals surface area (Å²) in [6.07, 6.45) is 10.4. The van der Waals surface area contributed by atoms with E-state index in [1.807, 2.05) is 0 Å². The lowest BCUT2D eigenvalue weighted by atomic mass is 9.85. The van der Waals surface area contributed by atoms with Crippen molar-refractivity contribution >= 4 is 0 Å². The zero-order valence-electron chi connectivity index (χ0n) is 13.4. The summed E-state index contributed by atoms with van der Waals surface area (Å²) in [5.41, 5.74) is 0. The molecule has 0 aromatic carbocycles. The molecule has 0 spiro atoms. The summed E-state index contributed by atoms with van der Waals surface area (Å²) in [6, 6.07) is 0. The maximum absolute atomic E-state index is 7.57. The van der Waals surface area contributed by atoms with E-state index in [1.165, 1.54) is 64.6 Å². The minimum atomic E-state index is 0.250. The first kappa shape index (κ1) is 17.0. The van der Waals surface area contributed by atoms with Crippen LogP contribution in [0.2, 0.25) is 0 Å². The molecule has 2 fully saturated rings. The average molecular weight is 269 g/mol. The maximum Gasteiger partial charge on any atom is 0.0402 e. The van der Waals surface area contributed by atoms with E-state index in [9.17, 15) is 0 Å². The van der Waals surface area contributed by atoms with Gasteiger partial charge >= 0.3 is 0 Å². The van der Waals surface area contributed by atoms with Crippen molar-refractivity contribution in [2.24, 2.45) is 17.8 Å². The SMILES string of the molecule is CC(C)C1CCN(CC2CCCCC2)CC1.CCO. The number of aliphatic hydroxyl groups is 1. The first-order valence-electron chi connectivity index (χ1n) is 8.50. The Balaban J connectivity index is 0.000000550. The van der Waals surface area contributed by atoms with Crippen molar-refractivity contribution in [3.05, 3.63) is 0 Å². The molecule has 2 aliphatic rings. The molecule has 1 N–H and O–H groups in total. The minimum absolute atomic E-state index is 0.250. The molecule has 1 saturated heterocycles. The van der Waals surface area contributed by atoms with Crippen LogP contribution in [-0.2, 0) is 0 Å². The van der Waals surface area contributed by atoms with Crippen LogP contribution >= 0.6 is 0 Å². The van der Waals surface area contributed by atoms with Crippen molar-refractivity contribution in [1.82, 2.24) is 4.90 Å². The van der Waals surface area contributed by atoms with Gasteiger partial charge in [-0.2, -0.15) is 0 Å². The van der Waals surface area contributed by atoms with Crippen LogP contribution < -0.4 is 0 Å². The van der Waals surface area contributed by atoms with Crippen molar-refractivity contribution in [1.29, 1.82) is 0 Å². The smallest absolute Gasteiger partial charge is 0.0402 e. The molecule has 0 aromatic heterocycles. The molecule has 2 rings (SSSR count). The van der Waals surface area contributed by atoms with Crippen molar-refractivity contribution in [2.45, 2.75) is 65.7 Å². The first-order valence-corrected chi connectivity index (χ1v) is 8.50. The topological polar surface area (TPSA) is 23.5 Å². The maximum atomic E-state index is 7.57. The van der Waals surface area contributed by atoms with Gasteiger partial charge in [-0.15, -0.1) is 0 Å². The second-order valence-electron chi connectivity index (χ2n) is 6.70. The average Bonchev–Trinajstić information content (AvgIpc) is 2.41. The zero-order valence-corrected chi connectivity index (χ0v) is 13.4. The van der Waals surface area contributed by atoms with Gasteiger partial charge in [-0.05, 0) is 63.5 Å². The predicted octanol–water partition coefficient (Wildman–Crippen LogP) is 3.93. The molecular formula is C17H35NO. The Morgan fingerprint density at radius 1 is 1.00 bits per heavy atom. The quantitative estimate of drug-likeness (QED) is 0.839. The van der Waals surface area contributed by atoms with Gasteiger partial charge in [-0.3, -0.25) is 0 Å². The van der Waals surface area contributed by atoms with Crippen LogP contribution in [0.25, 0.3) is 0 Å². The highest BCUT2D eigenvalue weighted by atomic mass is 16.2. The van der Waals surface area contributed by atoms with Crippen LogP contribution in [0.15, 0.2) is 0 Å². The third-order valence-corrected chi connectivity index (χ3v) is 4.82. The summed E-state index contributed by atoms with van der Waals surface area (Å²) in [7, 11) is 0. The molecule has 114 valence electrons. The molecule has 0 unspecified atom stereocenters. The van der Waals surface area contributed by atoms with Crippen molar-refractivity contribution in [3.63, 3.8) is 0 Å². The number of nitrogens with zero attached hydrogens (tertiary/aromatic N) is 1. The molecular weight excluding hydrogens is 234 g/mol. The molecule has 1 heterocycles. The monoisotopic (exact) mass is 269 g/mol. The lowest BCUT2D eigenvalue weighted by Crippen LogP contribution is -2.38. The summed E-state index contributed by atoms with van der Waals surface area (Å²) >= 11 is 0. The number of likely N-dealkylation sites (tertiary alicyclic amines) is 1. The normalized spacial score (nSPS) is 23.2. The van der Waals surface area contributed by atoms with Crippen LogP contribution in [0.5, 0.6) is 0 Å². The van der Waals surface area contributed by atoms with Gasteiger partial charge in [0.25, 0.3) is 0 Å². The van der Waals surface area contributed by atoms with Gasteiger partial charge in [0.1, 0.15) is 0 Å². The fourth-order valence-electron chi connectivity index (χ4n) is 3.54. The summed E-state index contributed by atoms with van der Waals surface area (Å²) in [5, 5.41) is 7.57. The van der Waals surface area contributed by atoms with E-state index in [0.29, 0.717) is 0 Å². The van der Waals surface area contributed by atoms with Crippen LogP contribution in [0.4, 0.5) is 0 Å². The molecule has 0 atom stereocenters. The fourth-order valence-corrected chi connectivity index (χ4v) is 3.54. The van der Waals surface area contributed by atoms with E-state index in [-0.39, 0.29) is 6.61 Å². The third-order valence-electron chi connectivity index (χ3n) is 4.82. The highest BCUT2D eigenvalue weighted by Crippen LogP contribution is 2.28. The molecule has 2 nitrogen and oxygen atoms in total. The standard InChI is InChI=1S/C15H29N.C2H6O/c1-13(2)15-8-10-16(11-9-15)12-14-6-4-3-5-7-14;1-2-3/h13-15H,3-12H2,1-2H3;3H,2H2,1H3. The number of rotatable bonds is 3. The van der Waals surface area contributed by atoms with Gasteiger partial charge in [-0.1, -0.05) is 33.1 Å². The van der Waals surface area contributed by atoms with Gasteiger partial charge in [0.2, 0.25) is 0 Å². The molecule has 1 aliphatic carbocycles. The third kappa shape index (κ3) is 6.76. The summed E-state index contributed by atoms with van der Waals surface area (Å²) in [4.78, 5) is 2.74. The second kappa shape index (κ2) is 9.77. The van der Waals surface area contributed by atoms with Crippen molar-refractivity contribution in [2.75, 3.05) is 26.2 Å². The molecule has 2 heteroatoms. The Morgan fingerprint density at radius 2 is 1.53 bits per heavy atom. The molecule has 19 heavy (non-hydrogen) atoms. The summed E-state index contributed by atoms with van der Waals surface area (Å²) in [6.45, 7) is 10.9. The van der Waals surface area contributed by atoms with Gasteiger partial charge in [0.05, 0.1) is 0 Å². The summed E-state index contributed by atoms with van der Waals surface area (Å²) in [5.74, 6) is 2.93. The molecule has 0 bridgehead atoms. The van der Waals surface area contributed by atoms with Crippen LogP contribution in [0.1, 0.15) is 65.7 Å². The van der Waals surface area contributed by atoms with E-state index in [2.05, 4.69) is 18.7 Å². The van der Waals surface area contributed by atoms with Gasteiger partial charge in [0, 0.05) is 13.2 Å². The van der Waals surface area contributed by atoms with Crippen LogP contribution in [0, 0.1) is 17.8 Å². The lowest BCUT2D eigenvalue weighted by Gasteiger charge is -2.36. The number of hydrogen-bond donors (Lipinski definition) is 1. The molecule has 1 aliphatic heterocycles. The van der Waals surface area contributed by atoms with E-state index < -0.39 is 0 Å². The van der Waals surface area contributed by atoms with Gasteiger partial charge in [-0.25, -0.2) is 0 Å². The highest BCUT2D eigenvalue weighted by Gasteiger charge is 2.23. The molecule has 0 aromatic rings. The van der Waals surface area contributed by atoms with Gasteiger partial charge < -0.3 is 10.0 Å². The minimum Gasteiger partial charge on any atom is -0.397 e. The fraction of sp³-hybridized carbons (Fsp3) is 1.00. The number of piperidine rings is 1. The molecule has 1 saturated carbocycles. The van der Waals surface area contributed by atoms with E-state index >= 15 is 0 Å². The van der Waals surface area contributed by atoms with Crippen molar-refractivity contribution < 1.29 is 5.11 Å². The Kier molecular flexibility index (Phi) is 8.72. The Labute approximate surface area is 120 Å². The number of hydrogen-bond acceptors (Lipinski definition) is 2. The first-order chi connectivity index (χ1) is 9.17. The van der Waals surface area contributed by atoms with E-state index in [1.54, 1.807) is 6.92 Å². The van der Waals surface area contributed by atoms with E-state index in [0.717, 1.165) is 17.8 Å². The largest absolute Gasteiger partial charge is 0.397 e. The Hall–Kier alpha value is -0.0800. The van der Waals surface area contributed by atoms with Gasteiger partial charge in [0.15, 0.2) is 0 Å². The Morgan fingerprint density at radius 3 is 2.00 bits per heavy atom. The zero-order chi connectivity index (χ0) is 14.1. The number of aliphatic hydroxyl groups excluding tert-OH is 1. The predicted molar refractivity (Wildman–Crippen MR) is 83.3 cm³/mol.